The normalized spacial score (nSPS) is 16.8. The van der Waals surface area contributed by atoms with Gasteiger partial charge < -0.3 is 5.73 Å². The third-order valence-corrected chi connectivity index (χ3v) is 2.64. The van der Waals surface area contributed by atoms with Gasteiger partial charge in [-0.15, -0.1) is 0 Å². The van der Waals surface area contributed by atoms with E-state index in [-0.39, 0.29) is 0 Å². The van der Waals surface area contributed by atoms with Crippen LogP contribution in [0.3, 0.4) is 0 Å². The summed E-state index contributed by atoms with van der Waals surface area (Å²) >= 11 is 1.88. The van der Waals surface area contributed by atoms with E-state index in [4.69, 9.17) is 5.73 Å². The highest BCUT2D eigenvalue weighted by molar-refractivity contribution is 7.98. The van der Waals surface area contributed by atoms with Crippen LogP contribution in [0.5, 0.6) is 0 Å². The molecule has 2 atom stereocenters. The average Bonchev–Trinajstić information content (AvgIpc) is 1.89. The van der Waals surface area contributed by atoms with Crippen LogP contribution in [0, 0.1) is 5.92 Å². The molecule has 0 aliphatic carbocycles. The molecule has 0 aliphatic rings. The summed E-state index contributed by atoms with van der Waals surface area (Å²) in [5.41, 5.74) is 5.90. The van der Waals surface area contributed by atoms with Crippen molar-refractivity contribution >= 4 is 11.8 Å². The summed E-state index contributed by atoms with van der Waals surface area (Å²) in [6, 6.07) is 0.414. The van der Waals surface area contributed by atoms with Gasteiger partial charge in [0.15, 0.2) is 0 Å². The highest BCUT2D eigenvalue weighted by atomic mass is 32.2. The largest absolute Gasteiger partial charge is 0.327 e. The summed E-state index contributed by atoms with van der Waals surface area (Å²) in [5, 5.41) is 0. The molecular formula is C8H19NS. The summed E-state index contributed by atoms with van der Waals surface area (Å²) in [6.07, 6.45) is 4.51. The van der Waals surface area contributed by atoms with Gasteiger partial charge in [-0.25, -0.2) is 0 Å². The van der Waals surface area contributed by atoms with Gasteiger partial charge >= 0.3 is 0 Å². The zero-order valence-corrected chi connectivity index (χ0v) is 8.08. The third-order valence-electron chi connectivity index (χ3n) is 1.78. The summed E-state index contributed by atoms with van der Waals surface area (Å²) in [5.74, 6) is 1.87. The molecule has 1 nitrogen and oxygen atoms in total. The Morgan fingerprint density at radius 3 is 2.50 bits per heavy atom. The van der Waals surface area contributed by atoms with Crippen LogP contribution in [0.25, 0.3) is 0 Å². The molecule has 0 aromatic rings. The number of rotatable bonds is 5. The van der Waals surface area contributed by atoms with Gasteiger partial charge in [0.2, 0.25) is 0 Å². The molecule has 0 bridgehead atoms. The van der Waals surface area contributed by atoms with Crippen molar-refractivity contribution in [3.63, 3.8) is 0 Å². The molecule has 10 heavy (non-hydrogen) atoms. The molecule has 0 spiro atoms. The topological polar surface area (TPSA) is 26.0 Å². The van der Waals surface area contributed by atoms with Crippen molar-refractivity contribution in [1.82, 2.24) is 0 Å². The molecule has 0 radical (unpaired) electrons. The van der Waals surface area contributed by atoms with Crippen molar-refractivity contribution in [3.05, 3.63) is 0 Å². The highest BCUT2D eigenvalue weighted by Crippen LogP contribution is 2.11. The van der Waals surface area contributed by atoms with Crippen LogP contribution >= 0.6 is 11.8 Å². The Balaban J connectivity index is 3.38. The van der Waals surface area contributed by atoms with E-state index < -0.39 is 0 Å². The minimum Gasteiger partial charge on any atom is -0.327 e. The minimum absolute atomic E-state index is 0.414. The number of hydrogen-bond donors (Lipinski definition) is 1. The first-order valence-electron chi connectivity index (χ1n) is 3.96. The van der Waals surface area contributed by atoms with E-state index in [0.29, 0.717) is 12.0 Å². The maximum Gasteiger partial charge on any atom is 0.00722 e. The molecule has 2 N–H and O–H groups in total. The molecular weight excluding hydrogens is 142 g/mol. The lowest BCUT2D eigenvalue weighted by molar-refractivity contribution is 0.466. The van der Waals surface area contributed by atoms with Crippen LogP contribution in [0.4, 0.5) is 0 Å². The van der Waals surface area contributed by atoms with Gasteiger partial charge in [0.1, 0.15) is 0 Å². The fourth-order valence-corrected chi connectivity index (χ4v) is 1.78. The first kappa shape index (κ1) is 10.3. The third kappa shape index (κ3) is 4.18. The molecule has 2 unspecified atom stereocenters. The predicted octanol–water partition coefficient (Wildman–Crippen LogP) is 2.11. The van der Waals surface area contributed by atoms with E-state index in [1.807, 2.05) is 11.8 Å². The van der Waals surface area contributed by atoms with Crippen LogP contribution in [-0.2, 0) is 0 Å². The van der Waals surface area contributed by atoms with E-state index in [0.717, 1.165) is 0 Å². The van der Waals surface area contributed by atoms with Gasteiger partial charge in [-0.3, -0.25) is 0 Å². The molecule has 0 fully saturated rings. The smallest absolute Gasteiger partial charge is 0.00722 e. The van der Waals surface area contributed by atoms with E-state index in [9.17, 15) is 0 Å². The average molecular weight is 161 g/mol. The SMILES string of the molecule is CCCC(N)C(C)CSC. The van der Waals surface area contributed by atoms with E-state index in [2.05, 4.69) is 20.1 Å². The Morgan fingerprint density at radius 1 is 1.50 bits per heavy atom. The van der Waals surface area contributed by atoms with Crippen molar-refractivity contribution < 1.29 is 0 Å². The molecule has 62 valence electrons. The zero-order valence-electron chi connectivity index (χ0n) is 7.26. The molecule has 0 aromatic heterocycles. The summed E-state index contributed by atoms with van der Waals surface area (Å²) in [6.45, 7) is 4.42. The maximum atomic E-state index is 5.90. The highest BCUT2D eigenvalue weighted by Gasteiger charge is 2.09. The minimum atomic E-state index is 0.414. The molecule has 0 rings (SSSR count). The lowest BCUT2D eigenvalue weighted by Crippen LogP contribution is -2.29. The Bertz CT molecular complexity index is 65.7. The van der Waals surface area contributed by atoms with Crippen LogP contribution in [-0.4, -0.2) is 18.1 Å². The quantitative estimate of drug-likeness (QED) is 0.668. The first-order chi connectivity index (χ1) is 4.72. The first-order valence-corrected chi connectivity index (χ1v) is 5.36. The molecule has 2 heteroatoms. The van der Waals surface area contributed by atoms with Crippen molar-refractivity contribution in [2.45, 2.75) is 32.7 Å². The van der Waals surface area contributed by atoms with Gasteiger partial charge in [-0.1, -0.05) is 20.3 Å². The maximum absolute atomic E-state index is 5.90. The Labute approximate surface area is 68.8 Å². The van der Waals surface area contributed by atoms with Gasteiger partial charge in [-0.05, 0) is 24.3 Å². The Morgan fingerprint density at radius 2 is 2.10 bits per heavy atom. The van der Waals surface area contributed by atoms with Gasteiger partial charge in [0.05, 0.1) is 0 Å². The van der Waals surface area contributed by atoms with Gasteiger partial charge in [0, 0.05) is 6.04 Å². The standard InChI is InChI=1S/C8H19NS/c1-4-5-8(9)7(2)6-10-3/h7-8H,4-6,9H2,1-3H3. The fourth-order valence-electron chi connectivity index (χ4n) is 1.00. The number of hydrogen-bond acceptors (Lipinski definition) is 2. The van der Waals surface area contributed by atoms with Crippen LogP contribution < -0.4 is 5.73 Å². The van der Waals surface area contributed by atoms with E-state index >= 15 is 0 Å². The summed E-state index contributed by atoms with van der Waals surface area (Å²) in [4.78, 5) is 0. The van der Waals surface area contributed by atoms with Crippen molar-refractivity contribution in [2.75, 3.05) is 12.0 Å². The second-order valence-corrected chi connectivity index (χ2v) is 3.80. The second-order valence-electron chi connectivity index (χ2n) is 2.89. The van der Waals surface area contributed by atoms with Gasteiger partial charge in [0.25, 0.3) is 0 Å². The molecule has 0 saturated carbocycles. The van der Waals surface area contributed by atoms with Gasteiger partial charge in [-0.2, -0.15) is 11.8 Å². The van der Waals surface area contributed by atoms with Crippen LogP contribution in [0.2, 0.25) is 0 Å². The zero-order chi connectivity index (χ0) is 7.98. The second kappa shape index (κ2) is 6.05. The van der Waals surface area contributed by atoms with Crippen molar-refractivity contribution in [2.24, 2.45) is 11.7 Å². The predicted molar refractivity (Wildman–Crippen MR) is 50.4 cm³/mol. The molecule has 0 aromatic carbocycles. The lowest BCUT2D eigenvalue weighted by atomic mass is 10.0. The van der Waals surface area contributed by atoms with E-state index in [1.165, 1.54) is 18.6 Å². The number of thioether (sulfide) groups is 1. The molecule has 0 saturated heterocycles. The van der Waals surface area contributed by atoms with Crippen LogP contribution in [0.1, 0.15) is 26.7 Å². The molecule has 0 aliphatic heterocycles. The molecule has 0 amide bonds. The Kier molecular flexibility index (Phi) is 6.24. The Hall–Kier alpha value is 0.310. The van der Waals surface area contributed by atoms with Crippen LogP contribution in [0.15, 0.2) is 0 Å². The number of nitrogens with two attached hydrogens (primary N) is 1. The summed E-state index contributed by atoms with van der Waals surface area (Å²) < 4.78 is 0. The molecule has 0 heterocycles. The van der Waals surface area contributed by atoms with E-state index in [1.54, 1.807) is 0 Å². The fraction of sp³-hybridized carbons (Fsp3) is 1.00. The monoisotopic (exact) mass is 161 g/mol. The van der Waals surface area contributed by atoms with Crippen molar-refractivity contribution in [1.29, 1.82) is 0 Å². The summed E-state index contributed by atoms with van der Waals surface area (Å²) in [7, 11) is 0. The lowest BCUT2D eigenvalue weighted by Gasteiger charge is -2.17. The van der Waals surface area contributed by atoms with Crippen molar-refractivity contribution in [3.8, 4) is 0 Å².